The summed E-state index contributed by atoms with van der Waals surface area (Å²) in [6, 6.07) is 2.57. The highest BCUT2D eigenvalue weighted by Gasteiger charge is 2.54. The molecule has 0 saturated heterocycles. The van der Waals surface area contributed by atoms with Gasteiger partial charge >= 0.3 is 0 Å². The zero-order valence-electron chi connectivity index (χ0n) is 11.0. The molecule has 3 unspecified atom stereocenters. The van der Waals surface area contributed by atoms with E-state index in [9.17, 15) is 0 Å². The second kappa shape index (κ2) is 5.52. The quantitative estimate of drug-likeness (QED) is 0.812. The van der Waals surface area contributed by atoms with Crippen molar-refractivity contribution in [2.75, 3.05) is 6.54 Å². The van der Waals surface area contributed by atoms with Crippen molar-refractivity contribution in [2.45, 2.75) is 45.1 Å². The van der Waals surface area contributed by atoms with Crippen LogP contribution in [-0.4, -0.2) is 6.54 Å². The molecule has 3 rings (SSSR count). The van der Waals surface area contributed by atoms with Crippen molar-refractivity contribution in [2.24, 2.45) is 17.8 Å². The first-order valence-electron chi connectivity index (χ1n) is 7.29. The van der Waals surface area contributed by atoms with E-state index in [1.165, 1.54) is 37.0 Å². The molecule has 3 atom stereocenters. The first-order valence-corrected chi connectivity index (χ1v) is 8.55. The van der Waals surface area contributed by atoms with Gasteiger partial charge in [0.25, 0.3) is 0 Å². The van der Waals surface area contributed by atoms with E-state index in [2.05, 4.69) is 17.6 Å². The summed E-state index contributed by atoms with van der Waals surface area (Å²) in [7, 11) is 0. The smallest absolute Gasteiger partial charge is 0.0561 e. The minimum absolute atomic E-state index is 0.519. The largest absolute Gasteiger partial charge is 0.309 e. The van der Waals surface area contributed by atoms with Crippen LogP contribution in [-0.2, 0) is 0 Å². The fourth-order valence-electron chi connectivity index (χ4n) is 3.77. The molecular weight excluding hydrogens is 262 g/mol. The Morgan fingerprint density at radius 3 is 2.67 bits per heavy atom. The maximum atomic E-state index is 6.35. The molecule has 1 N–H and O–H groups in total. The van der Waals surface area contributed by atoms with E-state index >= 15 is 0 Å². The Labute approximate surface area is 119 Å². The number of rotatable bonds is 5. The lowest BCUT2D eigenvalue weighted by atomic mass is 10.0. The van der Waals surface area contributed by atoms with Gasteiger partial charge in [-0.15, -0.1) is 11.3 Å². The molecule has 1 heterocycles. The van der Waals surface area contributed by atoms with E-state index < -0.39 is 0 Å². The van der Waals surface area contributed by atoms with E-state index in [-0.39, 0.29) is 0 Å². The van der Waals surface area contributed by atoms with Crippen molar-refractivity contribution in [3.05, 3.63) is 21.3 Å². The lowest BCUT2D eigenvalue weighted by Crippen LogP contribution is -2.24. The maximum absolute atomic E-state index is 6.35. The van der Waals surface area contributed by atoms with Crippen LogP contribution in [0.15, 0.2) is 11.4 Å². The Kier molecular flexibility index (Phi) is 3.97. The van der Waals surface area contributed by atoms with Crippen molar-refractivity contribution in [3.63, 3.8) is 0 Å². The van der Waals surface area contributed by atoms with Crippen molar-refractivity contribution in [1.82, 2.24) is 5.32 Å². The number of fused-ring (bicyclic) bond motifs is 1. The van der Waals surface area contributed by atoms with Gasteiger partial charge in [-0.2, -0.15) is 0 Å². The van der Waals surface area contributed by atoms with Gasteiger partial charge in [-0.3, -0.25) is 0 Å². The zero-order valence-corrected chi connectivity index (χ0v) is 12.6. The molecule has 18 heavy (non-hydrogen) atoms. The average Bonchev–Trinajstić information content (AvgIpc) is 2.96. The van der Waals surface area contributed by atoms with Crippen LogP contribution in [0, 0.1) is 17.8 Å². The third-order valence-corrected chi connectivity index (χ3v) is 6.09. The fourth-order valence-corrected chi connectivity index (χ4v) is 5.08. The Balaban J connectivity index is 1.76. The summed E-state index contributed by atoms with van der Waals surface area (Å²) in [6.07, 6.45) is 6.97. The summed E-state index contributed by atoms with van der Waals surface area (Å²) in [4.78, 5) is 1.38. The highest BCUT2D eigenvalue weighted by atomic mass is 35.5. The first kappa shape index (κ1) is 13.0. The van der Waals surface area contributed by atoms with Crippen LogP contribution in [0.4, 0.5) is 0 Å². The second-order valence-corrected chi connectivity index (χ2v) is 7.11. The summed E-state index contributed by atoms with van der Waals surface area (Å²) in [5.41, 5.74) is 0. The molecule has 0 aliphatic heterocycles. The van der Waals surface area contributed by atoms with Crippen molar-refractivity contribution in [1.29, 1.82) is 0 Å². The van der Waals surface area contributed by atoms with Crippen LogP contribution >= 0.6 is 22.9 Å². The van der Waals surface area contributed by atoms with Gasteiger partial charge in [0.05, 0.1) is 5.02 Å². The van der Waals surface area contributed by atoms with Gasteiger partial charge in [0.2, 0.25) is 0 Å². The maximum Gasteiger partial charge on any atom is 0.0561 e. The predicted octanol–water partition coefficient (Wildman–Crippen LogP) is 4.88. The van der Waals surface area contributed by atoms with Crippen LogP contribution in [0.5, 0.6) is 0 Å². The number of thiophene rings is 1. The summed E-state index contributed by atoms with van der Waals surface area (Å²) in [6.45, 7) is 3.34. The predicted molar refractivity (Wildman–Crippen MR) is 79.3 cm³/mol. The lowest BCUT2D eigenvalue weighted by molar-refractivity contribution is 0.452. The van der Waals surface area contributed by atoms with E-state index in [1.807, 2.05) is 17.4 Å². The lowest BCUT2D eigenvalue weighted by Gasteiger charge is -2.18. The van der Waals surface area contributed by atoms with Crippen molar-refractivity contribution in [3.8, 4) is 0 Å². The van der Waals surface area contributed by atoms with Crippen LogP contribution in [0.2, 0.25) is 5.02 Å². The van der Waals surface area contributed by atoms with Gasteiger partial charge < -0.3 is 5.32 Å². The number of nitrogens with one attached hydrogen (secondary N) is 1. The fraction of sp³-hybridized carbons (Fsp3) is 0.733. The molecular formula is C15H22ClNS. The summed E-state index contributed by atoms with van der Waals surface area (Å²) in [5.74, 6) is 2.81. The second-order valence-electron chi connectivity index (χ2n) is 5.75. The third-order valence-electron chi connectivity index (χ3n) is 4.65. The van der Waals surface area contributed by atoms with Crippen LogP contribution in [0.25, 0.3) is 0 Å². The highest BCUT2D eigenvalue weighted by molar-refractivity contribution is 7.10. The molecule has 3 heteroatoms. The van der Waals surface area contributed by atoms with Gasteiger partial charge in [-0.1, -0.05) is 31.4 Å². The molecule has 2 saturated carbocycles. The molecule has 0 aromatic carbocycles. The van der Waals surface area contributed by atoms with Crippen LogP contribution < -0.4 is 5.32 Å². The molecule has 2 aliphatic carbocycles. The van der Waals surface area contributed by atoms with E-state index in [1.54, 1.807) is 0 Å². The SMILES string of the molecule is CCCNC(c1sccc1Cl)C1C2CCCCC21. The summed E-state index contributed by atoms with van der Waals surface area (Å²) >= 11 is 8.18. The Morgan fingerprint density at radius 1 is 1.39 bits per heavy atom. The van der Waals surface area contributed by atoms with Crippen LogP contribution in [0.3, 0.4) is 0 Å². The molecule has 0 spiro atoms. The number of hydrogen-bond donors (Lipinski definition) is 1. The molecule has 0 amide bonds. The van der Waals surface area contributed by atoms with E-state index in [4.69, 9.17) is 11.6 Å². The summed E-state index contributed by atoms with van der Waals surface area (Å²) in [5, 5.41) is 6.86. The van der Waals surface area contributed by atoms with E-state index in [0.29, 0.717) is 6.04 Å². The molecule has 2 fully saturated rings. The van der Waals surface area contributed by atoms with Gasteiger partial charge in [0, 0.05) is 10.9 Å². The molecule has 0 bridgehead atoms. The van der Waals surface area contributed by atoms with E-state index in [0.717, 1.165) is 29.3 Å². The van der Waals surface area contributed by atoms with Crippen LogP contribution in [0.1, 0.15) is 49.9 Å². The highest BCUT2D eigenvalue weighted by Crippen LogP contribution is 2.61. The molecule has 1 nitrogen and oxygen atoms in total. The van der Waals surface area contributed by atoms with Gasteiger partial charge in [-0.25, -0.2) is 0 Å². The van der Waals surface area contributed by atoms with Crippen molar-refractivity contribution < 1.29 is 0 Å². The average molecular weight is 284 g/mol. The van der Waals surface area contributed by atoms with Gasteiger partial charge in [-0.05, 0) is 55.0 Å². The monoisotopic (exact) mass is 283 g/mol. The molecule has 1 aromatic rings. The molecule has 1 aromatic heterocycles. The first-order chi connectivity index (χ1) is 8.83. The zero-order chi connectivity index (χ0) is 12.5. The Hall–Kier alpha value is -0.0500. The third kappa shape index (κ3) is 2.35. The molecule has 0 radical (unpaired) electrons. The topological polar surface area (TPSA) is 12.0 Å². The summed E-state index contributed by atoms with van der Waals surface area (Å²) < 4.78 is 0. The Morgan fingerprint density at radius 2 is 2.11 bits per heavy atom. The standard InChI is InChI=1S/C15H22ClNS/c1-2-8-17-14(15-12(16)7-9-18-15)13-10-5-3-4-6-11(10)13/h7,9-11,13-14,17H,2-6,8H2,1H3. The normalized spacial score (nSPS) is 32.0. The molecule has 2 aliphatic rings. The van der Waals surface area contributed by atoms with Gasteiger partial charge in [0.1, 0.15) is 0 Å². The Bertz CT molecular complexity index is 391. The minimum atomic E-state index is 0.519. The van der Waals surface area contributed by atoms with Crippen molar-refractivity contribution >= 4 is 22.9 Å². The molecule has 100 valence electrons. The number of hydrogen-bond acceptors (Lipinski definition) is 2. The van der Waals surface area contributed by atoms with Gasteiger partial charge in [0.15, 0.2) is 0 Å². The number of halogens is 1. The minimum Gasteiger partial charge on any atom is -0.309 e.